The molecule has 0 aliphatic carbocycles. The van der Waals surface area contributed by atoms with E-state index in [1.54, 1.807) is 16.0 Å². The maximum atomic E-state index is 14.7. The van der Waals surface area contributed by atoms with Gasteiger partial charge in [0.15, 0.2) is 0 Å². The van der Waals surface area contributed by atoms with Crippen LogP contribution in [0.2, 0.25) is 0 Å². The second-order valence-electron chi connectivity index (χ2n) is 16.4. The molecule has 14 nitrogen and oxygen atoms in total. The molecule has 5 N–H and O–H groups in total. The lowest BCUT2D eigenvalue weighted by molar-refractivity contribution is -0.142. The molecular weight excluding hydrogens is 771 g/mol. The minimum absolute atomic E-state index is 0.0857. The summed E-state index contributed by atoms with van der Waals surface area (Å²) >= 11 is 0. The standard InChI is InChI=1S/C47H61N9O5/c1-6-31(3)42(40-27-50-47(61)55(40)30-37-17-13-14-33(5)52-37)44(58)53-39(26-34-15-9-8-10-16-34)41(57)28-51-56(45(59)43(32(4)7-2)54-25-24-49-46(54)60)29-35-19-21-36(22-20-35)38-18-11-12-23-48-38/h8-23,31-32,39-43,51,57H,6-7,24-30H2,1-5H3,(H,49,60)(H,50,61)(H,53,58). The smallest absolute Gasteiger partial charge is 0.318 e. The van der Waals surface area contributed by atoms with Crippen molar-refractivity contribution < 1.29 is 24.3 Å². The fourth-order valence-electron chi connectivity index (χ4n) is 8.30. The van der Waals surface area contributed by atoms with E-state index < -0.39 is 30.1 Å². The van der Waals surface area contributed by atoms with Crippen LogP contribution in [0.25, 0.3) is 11.3 Å². The first-order chi connectivity index (χ1) is 29.5. The van der Waals surface area contributed by atoms with E-state index in [-0.39, 0.29) is 55.3 Å². The van der Waals surface area contributed by atoms with E-state index in [1.165, 1.54) is 5.01 Å². The minimum Gasteiger partial charge on any atom is -0.390 e. The predicted octanol–water partition coefficient (Wildman–Crippen LogP) is 5.07. The molecule has 0 spiro atoms. The molecule has 0 bridgehead atoms. The van der Waals surface area contributed by atoms with Crippen molar-refractivity contribution in [3.63, 3.8) is 0 Å². The first kappa shape index (κ1) is 44.7. The second-order valence-corrected chi connectivity index (χ2v) is 16.4. The molecule has 2 aliphatic rings. The number of aliphatic hydroxyl groups is 1. The van der Waals surface area contributed by atoms with Gasteiger partial charge in [-0.15, -0.1) is 0 Å². The van der Waals surface area contributed by atoms with Crippen molar-refractivity contribution in [3.8, 4) is 11.3 Å². The quantitative estimate of drug-likeness (QED) is 0.0769. The first-order valence-electron chi connectivity index (χ1n) is 21.6. The zero-order chi connectivity index (χ0) is 43.5. The number of aliphatic hydroxyl groups excluding tert-OH is 1. The molecule has 7 unspecified atom stereocenters. The highest BCUT2D eigenvalue weighted by Gasteiger charge is 2.43. The molecule has 6 amide bonds. The molecule has 0 radical (unpaired) electrons. The number of hydrazine groups is 1. The Morgan fingerprint density at radius 1 is 0.885 bits per heavy atom. The number of nitrogens with one attached hydrogen (secondary N) is 4. The van der Waals surface area contributed by atoms with Crippen LogP contribution in [0.5, 0.6) is 0 Å². The van der Waals surface area contributed by atoms with E-state index in [9.17, 15) is 24.3 Å². The summed E-state index contributed by atoms with van der Waals surface area (Å²) in [4.78, 5) is 68.0. The van der Waals surface area contributed by atoms with E-state index in [0.717, 1.165) is 33.8 Å². The SMILES string of the molecule is CCC(C)C(C(=O)NC(Cc1ccccc1)C(O)CNN(Cc1ccc(-c2ccccn2)cc1)C(=O)C(C(C)CC)N1CCNC1=O)C1CNC(=O)N1Cc1cccc(C)n1. The lowest BCUT2D eigenvalue weighted by atomic mass is 9.83. The Balaban J connectivity index is 1.26. The van der Waals surface area contributed by atoms with Gasteiger partial charge in [-0.2, -0.15) is 0 Å². The van der Waals surface area contributed by atoms with Crippen molar-refractivity contribution in [2.24, 2.45) is 17.8 Å². The molecule has 14 heteroatoms. The van der Waals surface area contributed by atoms with Crippen LogP contribution in [0.1, 0.15) is 63.1 Å². The first-order valence-corrected chi connectivity index (χ1v) is 21.6. The van der Waals surface area contributed by atoms with Crippen LogP contribution < -0.4 is 21.4 Å². The van der Waals surface area contributed by atoms with Crippen LogP contribution in [-0.4, -0.2) is 104 Å². The third kappa shape index (κ3) is 11.3. The third-order valence-corrected chi connectivity index (χ3v) is 12.1. The molecule has 324 valence electrons. The summed E-state index contributed by atoms with van der Waals surface area (Å²) in [6, 6.07) is 26.4. The van der Waals surface area contributed by atoms with Crippen molar-refractivity contribution in [2.45, 2.75) is 91.2 Å². The summed E-state index contributed by atoms with van der Waals surface area (Å²) in [7, 11) is 0. The van der Waals surface area contributed by atoms with Gasteiger partial charge in [-0.25, -0.2) is 15.0 Å². The normalized spacial score (nSPS) is 18.1. The number of carbonyl (C=O) groups is 4. The fraction of sp³-hybridized carbons (Fsp3) is 0.447. The molecule has 4 heterocycles. The van der Waals surface area contributed by atoms with Gasteiger partial charge in [-0.05, 0) is 60.6 Å². The number of hydrogen-bond donors (Lipinski definition) is 5. The Morgan fingerprint density at radius 2 is 1.62 bits per heavy atom. The highest BCUT2D eigenvalue weighted by Crippen LogP contribution is 2.28. The van der Waals surface area contributed by atoms with Crippen LogP contribution >= 0.6 is 0 Å². The minimum atomic E-state index is -1.16. The number of carbonyl (C=O) groups excluding carboxylic acids is 4. The van der Waals surface area contributed by atoms with Crippen LogP contribution in [0, 0.1) is 24.7 Å². The van der Waals surface area contributed by atoms with Crippen LogP contribution in [0.4, 0.5) is 9.59 Å². The highest BCUT2D eigenvalue weighted by atomic mass is 16.3. The van der Waals surface area contributed by atoms with Crippen molar-refractivity contribution in [1.29, 1.82) is 0 Å². The number of nitrogens with zero attached hydrogens (tertiary/aromatic N) is 5. The molecule has 2 saturated heterocycles. The van der Waals surface area contributed by atoms with E-state index in [2.05, 4.69) is 31.3 Å². The summed E-state index contributed by atoms with van der Waals surface area (Å²) < 4.78 is 0. The van der Waals surface area contributed by atoms with Crippen LogP contribution in [-0.2, 0) is 29.1 Å². The van der Waals surface area contributed by atoms with Gasteiger partial charge < -0.3 is 30.9 Å². The second kappa shape index (κ2) is 21.1. The number of amides is 6. The molecule has 0 saturated carbocycles. The summed E-state index contributed by atoms with van der Waals surface area (Å²) in [6.07, 6.45) is 2.26. The molecule has 6 rings (SSSR count). The number of rotatable bonds is 20. The third-order valence-electron chi connectivity index (χ3n) is 12.1. The number of aromatic nitrogens is 2. The zero-order valence-corrected chi connectivity index (χ0v) is 36.0. The fourth-order valence-corrected chi connectivity index (χ4v) is 8.30. The number of aryl methyl sites for hydroxylation is 1. The summed E-state index contributed by atoms with van der Waals surface area (Å²) in [6.45, 7) is 11.4. The zero-order valence-electron chi connectivity index (χ0n) is 36.0. The summed E-state index contributed by atoms with van der Waals surface area (Å²) in [5, 5.41) is 22.6. The number of benzene rings is 2. The molecule has 4 aromatic rings. The Morgan fingerprint density at radius 3 is 2.28 bits per heavy atom. The Hall–Kier alpha value is -5.86. The lowest BCUT2D eigenvalue weighted by Crippen LogP contribution is -2.59. The summed E-state index contributed by atoms with van der Waals surface area (Å²) in [5.41, 5.74) is 8.33. The molecule has 2 aromatic heterocycles. The number of pyridine rings is 2. The van der Waals surface area contributed by atoms with Gasteiger partial charge in [0.25, 0.3) is 5.91 Å². The summed E-state index contributed by atoms with van der Waals surface area (Å²) in [5.74, 6) is -1.42. The largest absolute Gasteiger partial charge is 0.390 e. The maximum absolute atomic E-state index is 14.7. The monoisotopic (exact) mass is 831 g/mol. The van der Waals surface area contributed by atoms with E-state index >= 15 is 0 Å². The Labute approximate surface area is 359 Å². The molecule has 2 fully saturated rings. The molecule has 7 atom stereocenters. The topological polar surface area (TPSA) is 172 Å². The van der Waals surface area contributed by atoms with E-state index in [1.807, 2.05) is 126 Å². The molecule has 61 heavy (non-hydrogen) atoms. The van der Waals surface area contributed by atoms with Gasteiger partial charge >= 0.3 is 12.1 Å². The van der Waals surface area contributed by atoms with Crippen LogP contribution in [0.3, 0.4) is 0 Å². The van der Waals surface area contributed by atoms with E-state index in [4.69, 9.17) is 0 Å². The highest BCUT2D eigenvalue weighted by molar-refractivity contribution is 5.88. The number of hydrogen-bond acceptors (Lipinski definition) is 8. The van der Waals surface area contributed by atoms with Crippen LogP contribution in [0.15, 0.2) is 97.2 Å². The van der Waals surface area contributed by atoms with Crippen molar-refractivity contribution in [1.82, 2.24) is 46.2 Å². The average Bonchev–Trinajstić information content (AvgIpc) is 3.86. The Bertz CT molecular complexity index is 2070. The van der Waals surface area contributed by atoms with Crippen molar-refractivity contribution >= 4 is 23.9 Å². The van der Waals surface area contributed by atoms with Gasteiger partial charge in [-0.1, -0.05) is 107 Å². The predicted molar refractivity (Wildman–Crippen MR) is 234 cm³/mol. The van der Waals surface area contributed by atoms with E-state index in [0.29, 0.717) is 38.9 Å². The number of urea groups is 2. The van der Waals surface area contributed by atoms with Crippen molar-refractivity contribution in [3.05, 3.63) is 120 Å². The van der Waals surface area contributed by atoms with Crippen molar-refractivity contribution in [2.75, 3.05) is 26.2 Å². The molecule has 2 aromatic carbocycles. The molecular formula is C47H61N9O5. The van der Waals surface area contributed by atoms with Gasteiger partial charge in [0.05, 0.1) is 48.6 Å². The maximum Gasteiger partial charge on any atom is 0.318 e. The van der Waals surface area contributed by atoms with Gasteiger partial charge in [0.1, 0.15) is 6.04 Å². The average molecular weight is 832 g/mol. The molecule has 2 aliphatic heterocycles. The van der Waals surface area contributed by atoms with Gasteiger partial charge in [0, 0.05) is 43.6 Å². The Kier molecular flexibility index (Phi) is 15.5. The van der Waals surface area contributed by atoms with Gasteiger partial charge in [-0.3, -0.25) is 24.6 Å². The van der Waals surface area contributed by atoms with Gasteiger partial charge in [0.2, 0.25) is 5.91 Å². The lowest BCUT2D eigenvalue weighted by Gasteiger charge is -2.37.